The van der Waals surface area contributed by atoms with E-state index in [1.807, 2.05) is 55.5 Å². The second kappa shape index (κ2) is 7.15. The number of epoxide rings is 1. The van der Waals surface area contributed by atoms with Crippen molar-refractivity contribution in [3.05, 3.63) is 59.7 Å². The zero-order valence-corrected chi connectivity index (χ0v) is 14.7. The Kier molecular flexibility index (Phi) is 4.95. The molecule has 132 valence electrons. The molecule has 5 nitrogen and oxygen atoms in total. The van der Waals surface area contributed by atoms with Gasteiger partial charge >= 0.3 is 5.97 Å². The Labute approximate surface area is 147 Å². The van der Waals surface area contributed by atoms with Crippen molar-refractivity contribution < 1.29 is 23.7 Å². The first kappa shape index (κ1) is 17.3. The lowest BCUT2D eigenvalue weighted by atomic mass is 9.91. The lowest BCUT2D eigenvalue weighted by Gasteiger charge is -2.14. The molecular formula is C20H22O5. The van der Waals surface area contributed by atoms with Gasteiger partial charge in [0.2, 0.25) is 5.60 Å². The number of benzene rings is 2. The summed E-state index contributed by atoms with van der Waals surface area (Å²) in [7, 11) is 3.22. The van der Waals surface area contributed by atoms with Crippen molar-refractivity contribution in [3.8, 4) is 11.5 Å². The van der Waals surface area contributed by atoms with Gasteiger partial charge in [0, 0.05) is 0 Å². The van der Waals surface area contributed by atoms with E-state index in [-0.39, 0.29) is 12.1 Å². The van der Waals surface area contributed by atoms with Gasteiger partial charge in [0.25, 0.3) is 0 Å². The molecule has 1 fully saturated rings. The van der Waals surface area contributed by atoms with E-state index < -0.39 is 5.60 Å². The molecule has 0 radical (unpaired) electrons. The second-order valence-electron chi connectivity index (χ2n) is 5.87. The number of carbonyl (C=O) groups excluding carboxylic acids is 1. The highest BCUT2D eigenvalue weighted by Gasteiger charge is 2.65. The van der Waals surface area contributed by atoms with Crippen LogP contribution >= 0.6 is 0 Å². The summed E-state index contributed by atoms with van der Waals surface area (Å²) >= 11 is 0. The van der Waals surface area contributed by atoms with Gasteiger partial charge < -0.3 is 18.9 Å². The molecular weight excluding hydrogens is 320 g/mol. The highest BCUT2D eigenvalue weighted by Crippen LogP contribution is 2.58. The maximum absolute atomic E-state index is 12.7. The number of carbonyl (C=O) groups is 1. The normalized spacial score (nSPS) is 21.5. The fourth-order valence-corrected chi connectivity index (χ4v) is 2.87. The van der Waals surface area contributed by atoms with E-state index >= 15 is 0 Å². The van der Waals surface area contributed by atoms with Gasteiger partial charge in [-0.05, 0) is 41.8 Å². The molecule has 2 aromatic rings. The molecule has 1 aliphatic heterocycles. The van der Waals surface area contributed by atoms with Crippen molar-refractivity contribution >= 4 is 5.97 Å². The third-order valence-electron chi connectivity index (χ3n) is 4.29. The van der Waals surface area contributed by atoms with E-state index in [0.29, 0.717) is 6.61 Å². The minimum Gasteiger partial charge on any atom is -0.497 e. The summed E-state index contributed by atoms with van der Waals surface area (Å²) < 4.78 is 21.7. The number of ether oxygens (including phenoxy) is 4. The quantitative estimate of drug-likeness (QED) is 0.568. The summed E-state index contributed by atoms with van der Waals surface area (Å²) in [6.45, 7) is 2.33. The molecule has 0 aromatic heterocycles. The Bertz CT molecular complexity index is 723. The van der Waals surface area contributed by atoms with Crippen LogP contribution in [-0.4, -0.2) is 26.8 Å². The molecule has 1 aliphatic rings. The summed E-state index contributed by atoms with van der Waals surface area (Å²) in [6.07, 6.45) is 0.383. The molecule has 0 amide bonds. The number of hydrogen-bond donors (Lipinski definition) is 0. The second-order valence-corrected chi connectivity index (χ2v) is 5.87. The fourth-order valence-electron chi connectivity index (χ4n) is 2.87. The first-order valence-corrected chi connectivity index (χ1v) is 8.29. The average molecular weight is 342 g/mol. The van der Waals surface area contributed by atoms with Crippen molar-refractivity contribution in [1.29, 1.82) is 0 Å². The standard InChI is InChI=1S/C20H22O5/c1-4-13-24-19(21)20(15-7-11-17(23-3)12-8-15)18(25-20)14-5-9-16(22-2)10-6-14/h5-12,18H,4,13H2,1-3H3. The topological polar surface area (TPSA) is 57.3 Å². The molecule has 1 heterocycles. The minimum atomic E-state index is -1.10. The molecule has 2 aromatic carbocycles. The van der Waals surface area contributed by atoms with Crippen LogP contribution in [-0.2, 0) is 19.9 Å². The highest BCUT2D eigenvalue weighted by atomic mass is 16.7. The Morgan fingerprint density at radius 1 is 1.00 bits per heavy atom. The molecule has 5 heteroatoms. The van der Waals surface area contributed by atoms with Crippen molar-refractivity contribution in [2.24, 2.45) is 0 Å². The molecule has 3 rings (SSSR count). The maximum atomic E-state index is 12.7. The molecule has 0 N–H and O–H groups in total. The molecule has 2 atom stereocenters. The summed E-state index contributed by atoms with van der Waals surface area (Å²) in [5.74, 6) is 1.12. The number of esters is 1. The van der Waals surface area contributed by atoms with Crippen LogP contribution in [0.3, 0.4) is 0 Å². The van der Waals surface area contributed by atoms with Crippen molar-refractivity contribution in [2.45, 2.75) is 25.0 Å². The van der Waals surface area contributed by atoms with Crippen molar-refractivity contribution in [2.75, 3.05) is 20.8 Å². The van der Waals surface area contributed by atoms with Gasteiger partial charge in [0.05, 0.1) is 20.8 Å². The number of rotatable bonds is 7. The number of methoxy groups -OCH3 is 2. The predicted molar refractivity (Wildman–Crippen MR) is 92.7 cm³/mol. The highest BCUT2D eigenvalue weighted by molar-refractivity contribution is 5.85. The third kappa shape index (κ3) is 3.20. The van der Waals surface area contributed by atoms with Gasteiger partial charge in [-0.2, -0.15) is 0 Å². The fraction of sp³-hybridized carbons (Fsp3) is 0.350. The minimum absolute atomic E-state index is 0.361. The average Bonchev–Trinajstić information content (AvgIpc) is 3.43. The lowest BCUT2D eigenvalue weighted by Crippen LogP contribution is -2.26. The van der Waals surface area contributed by atoms with E-state index in [1.54, 1.807) is 14.2 Å². The van der Waals surface area contributed by atoms with Crippen LogP contribution in [0.2, 0.25) is 0 Å². The van der Waals surface area contributed by atoms with E-state index in [1.165, 1.54) is 0 Å². The largest absolute Gasteiger partial charge is 0.497 e. The van der Waals surface area contributed by atoms with Crippen LogP contribution in [0.25, 0.3) is 0 Å². The first-order valence-electron chi connectivity index (χ1n) is 8.29. The molecule has 25 heavy (non-hydrogen) atoms. The Morgan fingerprint density at radius 2 is 1.56 bits per heavy atom. The monoisotopic (exact) mass is 342 g/mol. The predicted octanol–water partition coefficient (Wildman–Crippen LogP) is 3.62. The van der Waals surface area contributed by atoms with E-state index in [0.717, 1.165) is 29.0 Å². The zero-order chi connectivity index (χ0) is 17.9. The first-order chi connectivity index (χ1) is 12.2. The zero-order valence-electron chi connectivity index (χ0n) is 14.7. The molecule has 0 bridgehead atoms. The molecule has 2 unspecified atom stereocenters. The van der Waals surface area contributed by atoms with Crippen LogP contribution in [0.15, 0.2) is 48.5 Å². The number of hydrogen-bond acceptors (Lipinski definition) is 5. The maximum Gasteiger partial charge on any atom is 0.346 e. The van der Waals surface area contributed by atoms with Gasteiger partial charge in [-0.15, -0.1) is 0 Å². The third-order valence-corrected chi connectivity index (χ3v) is 4.29. The summed E-state index contributed by atoms with van der Waals surface area (Å²) in [6, 6.07) is 14.8. The van der Waals surface area contributed by atoms with Crippen molar-refractivity contribution in [3.63, 3.8) is 0 Å². The molecule has 0 aliphatic carbocycles. The lowest BCUT2D eigenvalue weighted by molar-refractivity contribution is -0.150. The van der Waals surface area contributed by atoms with Gasteiger partial charge in [0.1, 0.15) is 17.6 Å². The van der Waals surface area contributed by atoms with Crippen LogP contribution in [0.4, 0.5) is 0 Å². The summed E-state index contributed by atoms with van der Waals surface area (Å²) in [5, 5.41) is 0. The molecule has 0 spiro atoms. The van der Waals surface area contributed by atoms with Gasteiger partial charge in [-0.3, -0.25) is 0 Å². The van der Waals surface area contributed by atoms with E-state index in [4.69, 9.17) is 18.9 Å². The van der Waals surface area contributed by atoms with Gasteiger partial charge in [0.15, 0.2) is 0 Å². The summed E-state index contributed by atoms with van der Waals surface area (Å²) in [4.78, 5) is 12.7. The van der Waals surface area contributed by atoms with Gasteiger partial charge in [-0.25, -0.2) is 4.79 Å². The van der Waals surface area contributed by atoms with Crippen LogP contribution in [0.1, 0.15) is 30.6 Å². The van der Waals surface area contributed by atoms with E-state index in [9.17, 15) is 4.79 Å². The Hall–Kier alpha value is -2.53. The molecule has 1 saturated heterocycles. The van der Waals surface area contributed by atoms with Crippen LogP contribution in [0, 0.1) is 0 Å². The molecule has 0 saturated carbocycles. The Morgan fingerprint density at radius 3 is 2.08 bits per heavy atom. The van der Waals surface area contributed by atoms with Crippen LogP contribution < -0.4 is 9.47 Å². The van der Waals surface area contributed by atoms with E-state index in [2.05, 4.69) is 0 Å². The van der Waals surface area contributed by atoms with Crippen LogP contribution in [0.5, 0.6) is 11.5 Å². The summed E-state index contributed by atoms with van der Waals surface area (Å²) in [5.41, 5.74) is 0.566. The van der Waals surface area contributed by atoms with Crippen molar-refractivity contribution in [1.82, 2.24) is 0 Å². The smallest absolute Gasteiger partial charge is 0.346 e. The van der Waals surface area contributed by atoms with Gasteiger partial charge in [-0.1, -0.05) is 31.2 Å². The Balaban J connectivity index is 1.92. The SMILES string of the molecule is CCCOC(=O)C1(c2ccc(OC)cc2)OC1c1ccc(OC)cc1.